The molecule has 2 aromatic heterocycles. The van der Waals surface area contributed by atoms with E-state index in [-0.39, 0.29) is 11.7 Å². The van der Waals surface area contributed by atoms with E-state index < -0.39 is 0 Å². The van der Waals surface area contributed by atoms with Crippen LogP contribution in [0.2, 0.25) is 0 Å². The molecule has 1 aliphatic rings. The van der Waals surface area contributed by atoms with E-state index in [0.29, 0.717) is 23.9 Å². The van der Waals surface area contributed by atoms with Crippen molar-refractivity contribution in [3.05, 3.63) is 48.3 Å². The van der Waals surface area contributed by atoms with Crippen LogP contribution < -0.4 is 19.5 Å². The summed E-state index contributed by atoms with van der Waals surface area (Å²) in [4.78, 5) is 22.4. The zero-order valence-corrected chi connectivity index (χ0v) is 24.1. The quantitative estimate of drug-likeness (QED) is 0.341. The molecule has 40 heavy (non-hydrogen) atoms. The molecule has 5 rings (SSSR count). The zero-order chi connectivity index (χ0) is 28.7. The number of likely N-dealkylation sites (tertiary alicyclic amines) is 1. The van der Waals surface area contributed by atoms with E-state index in [1.807, 2.05) is 57.2 Å². The Labute approximate surface area is 234 Å². The van der Waals surface area contributed by atoms with Crippen molar-refractivity contribution in [2.24, 2.45) is 0 Å². The van der Waals surface area contributed by atoms with Crippen molar-refractivity contribution in [2.45, 2.75) is 52.2 Å². The first-order chi connectivity index (χ1) is 19.2. The standard InChI is InChI=1S/C19H19N5O3.C10H19NO2/c1-25-13-8-7-12(16(9-13)27-3)10-20-19-23-17-14(5-4-6-15(17)26-2)18-21-11-22-24(18)19;1-10(2,3)13-9(12)11-7-5-4-6-8-11/h4-9,11H,10H2,1-3H3,(H,20,23);4-8H2,1-3H3. The number of aromatic nitrogens is 4. The van der Waals surface area contributed by atoms with Gasteiger partial charge >= 0.3 is 6.09 Å². The Morgan fingerprint density at radius 1 is 0.975 bits per heavy atom. The van der Waals surface area contributed by atoms with Gasteiger partial charge in [-0.1, -0.05) is 6.07 Å². The number of benzene rings is 2. The Bertz CT molecular complexity index is 1440. The summed E-state index contributed by atoms with van der Waals surface area (Å²) >= 11 is 0. The predicted octanol–water partition coefficient (Wildman–Crippen LogP) is 5.32. The second kappa shape index (κ2) is 12.7. The Morgan fingerprint density at radius 3 is 2.40 bits per heavy atom. The normalized spacial score (nSPS) is 13.4. The summed E-state index contributed by atoms with van der Waals surface area (Å²) in [5.41, 5.74) is 2.04. The van der Waals surface area contributed by atoms with Gasteiger partial charge in [0.25, 0.3) is 0 Å². The van der Waals surface area contributed by atoms with Gasteiger partial charge < -0.3 is 29.2 Å². The lowest BCUT2D eigenvalue weighted by Crippen LogP contribution is -2.39. The molecule has 0 bridgehead atoms. The second-order valence-corrected chi connectivity index (χ2v) is 10.3. The van der Waals surface area contributed by atoms with Gasteiger partial charge in [0.15, 0.2) is 5.65 Å². The van der Waals surface area contributed by atoms with Gasteiger partial charge in [-0.05, 0) is 64.3 Å². The maximum Gasteiger partial charge on any atom is 0.410 e. The number of hydrogen-bond donors (Lipinski definition) is 1. The van der Waals surface area contributed by atoms with E-state index in [1.54, 1.807) is 30.7 Å². The van der Waals surface area contributed by atoms with Gasteiger partial charge in [0.05, 0.1) is 21.3 Å². The van der Waals surface area contributed by atoms with Crippen molar-refractivity contribution in [2.75, 3.05) is 39.7 Å². The average Bonchev–Trinajstić information content (AvgIpc) is 3.46. The largest absolute Gasteiger partial charge is 0.497 e. The minimum atomic E-state index is -0.367. The SMILES string of the molecule is CC(C)(C)OC(=O)N1CCCCC1.COc1ccc(CNc2nc3c(OC)cccc3c3ncnn23)c(OC)c1. The topological polar surface area (TPSA) is 112 Å². The van der Waals surface area contributed by atoms with Gasteiger partial charge in [0.2, 0.25) is 5.95 Å². The number of amides is 1. The molecule has 1 N–H and O–H groups in total. The number of nitrogens with one attached hydrogen (secondary N) is 1. The van der Waals surface area contributed by atoms with Gasteiger partial charge in [-0.3, -0.25) is 0 Å². The molecular weight excluding hydrogens is 512 g/mol. The van der Waals surface area contributed by atoms with Gasteiger partial charge in [0, 0.05) is 36.7 Å². The van der Waals surface area contributed by atoms with Crippen LogP contribution in [0.15, 0.2) is 42.7 Å². The van der Waals surface area contributed by atoms with E-state index >= 15 is 0 Å². The van der Waals surface area contributed by atoms with E-state index in [9.17, 15) is 4.79 Å². The Balaban J connectivity index is 0.000000240. The van der Waals surface area contributed by atoms with Crippen molar-refractivity contribution in [3.63, 3.8) is 0 Å². The Morgan fingerprint density at radius 2 is 1.73 bits per heavy atom. The number of nitrogens with zero attached hydrogens (tertiary/aromatic N) is 5. The molecule has 2 aromatic carbocycles. The summed E-state index contributed by atoms with van der Waals surface area (Å²) < 4.78 is 23.1. The third-order valence-electron chi connectivity index (χ3n) is 6.36. The van der Waals surface area contributed by atoms with Crippen molar-refractivity contribution in [3.8, 4) is 17.2 Å². The maximum atomic E-state index is 11.5. The highest BCUT2D eigenvalue weighted by Crippen LogP contribution is 2.29. The number of carbonyl (C=O) groups excluding carboxylic acids is 1. The van der Waals surface area contributed by atoms with Crippen LogP contribution in [0.5, 0.6) is 17.2 Å². The van der Waals surface area contributed by atoms with Crippen LogP contribution in [0.25, 0.3) is 16.6 Å². The zero-order valence-electron chi connectivity index (χ0n) is 24.1. The van der Waals surface area contributed by atoms with Crippen molar-refractivity contribution in [1.82, 2.24) is 24.5 Å². The monoisotopic (exact) mass is 550 g/mol. The van der Waals surface area contributed by atoms with E-state index in [1.165, 1.54) is 12.7 Å². The summed E-state index contributed by atoms with van der Waals surface area (Å²) in [6, 6.07) is 11.4. The fraction of sp³-hybridized carbons (Fsp3) is 0.448. The third-order valence-corrected chi connectivity index (χ3v) is 6.36. The van der Waals surface area contributed by atoms with Crippen LogP contribution in [0.1, 0.15) is 45.6 Å². The van der Waals surface area contributed by atoms with E-state index in [4.69, 9.17) is 23.9 Å². The second-order valence-electron chi connectivity index (χ2n) is 10.3. The average molecular weight is 551 g/mol. The summed E-state index contributed by atoms with van der Waals surface area (Å²) in [5, 5.41) is 8.49. The number of para-hydroxylation sites is 1. The van der Waals surface area contributed by atoms with Crippen LogP contribution in [0.4, 0.5) is 10.7 Å². The lowest BCUT2D eigenvalue weighted by Gasteiger charge is -2.29. The highest BCUT2D eigenvalue weighted by Gasteiger charge is 2.23. The highest BCUT2D eigenvalue weighted by molar-refractivity contribution is 5.95. The first kappa shape index (κ1) is 28.7. The summed E-state index contributed by atoms with van der Waals surface area (Å²) in [6.07, 6.45) is 4.81. The number of carbonyl (C=O) groups is 1. The first-order valence-electron chi connectivity index (χ1n) is 13.3. The molecule has 1 fully saturated rings. The maximum absolute atomic E-state index is 11.5. The van der Waals surface area contributed by atoms with E-state index in [0.717, 1.165) is 53.9 Å². The van der Waals surface area contributed by atoms with E-state index in [2.05, 4.69) is 15.4 Å². The molecule has 1 aliphatic heterocycles. The van der Waals surface area contributed by atoms with Crippen LogP contribution >= 0.6 is 0 Å². The number of piperidine rings is 1. The summed E-state index contributed by atoms with van der Waals surface area (Å²) in [6.45, 7) is 7.90. The summed E-state index contributed by atoms with van der Waals surface area (Å²) in [5.74, 6) is 2.72. The highest BCUT2D eigenvalue weighted by atomic mass is 16.6. The molecule has 1 amide bonds. The Kier molecular flexibility index (Phi) is 9.13. The fourth-order valence-electron chi connectivity index (χ4n) is 4.41. The Hall–Kier alpha value is -4.28. The van der Waals surface area contributed by atoms with Gasteiger partial charge in [-0.15, -0.1) is 0 Å². The minimum Gasteiger partial charge on any atom is -0.497 e. The molecular formula is C29H38N6O5. The molecule has 0 unspecified atom stereocenters. The molecule has 0 saturated carbocycles. The molecule has 0 spiro atoms. The van der Waals surface area contributed by atoms with Crippen LogP contribution in [0, 0.1) is 0 Å². The molecule has 3 heterocycles. The van der Waals surface area contributed by atoms with Gasteiger partial charge in [-0.25, -0.2) is 14.8 Å². The molecule has 11 nitrogen and oxygen atoms in total. The van der Waals surface area contributed by atoms with Gasteiger partial charge in [-0.2, -0.15) is 9.61 Å². The van der Waals surface area contributed by atoms with Crippen LogP contribution in [-0.2, 0) is 11.3 Å². The first-order valence-corrected chi connectivity index (χ1v) is 13.3. The number of hydrogen-bond acceptors (Lipinski definition) is 9. The lowest BCUT2D eigenvalue weighted by molar-refractivity contribution is 0.0216. The molecule has 11 heteroatoms. The fourth-order valence-corrected chi connectivity index (χ4v) is 4.41. The number of methoxy groups -OCH3 is 3. The lowest BCUT2D eigenvalue weighted by atomic mass is 10.1. The van der Waals surface area contributed by atoms with Crippen molar-refractivity contribution in [1.29, 1.82) is 0 Å². The minimum absolute atomic E-state index is 0.160. The molecule has 1 saturated heterocycles. The number of rotatable bonds is 6. The number of anilines is 1. The molecule has 0 aliphatic carbocycles. The van der Waals surface area contributed by atoms with Crippen LogP contribution in [0.3, 0.4) is 0 Å². The number of ether oxygens (including phenoxy) is 4. The molecule has 4 aromatic rings. The number of fused-ring (bicyclic) bond motifs is 3. The smallest absolute Gasteiger partial charge is 0.410 e. The van der Waals surface area contributed by atoms with Gasteiger partial charge in [0.1, 0.15) is 34.7 Å². The molecule has 214 valence electrons. The third kappa shape index (κ3) is 6.83. The summed E-state index contributed by atoms with van der Waals surface area (Å²) in [7, 11) is 4.88. The van der Waals surface area contributed by atoms with Crippen molar-refractivity contribution >= 4 is 28.6 Å². The van der Waals surface area contributed by atoms with Crippen molar-refractivity contribution < 1.29 is 23.7 Å². The molecule has 0 atom stereocenters. The molecule has 0 radical (unpaired) electrons. The van der Waals surface area contributed by atoms with Crippen LogP contribution in [-0.4, -0.2) is 70.6 Å². The predicted molar refractivity (Wildman–Crippen MR) is 153 cm³/mol.